The molecule has 76 valence electrons. The van der Waals surface area contributed by atoms with Gasteiger partial charge in [0, 0.05) is 23.8 Å². The van der Waals surface area contributed by atoms with Crippen LogP contribution in [0.5, 0.6) is 0 Å². The van der Waals surface area contributed by atoms with Crippen molar-refractivity contribution in [1.29, 1.82) is 0 Å². The van der Waals surface area contributed by atoms with E-state index in [0.717, 1.165) is 11.4 Å². The van der Waals surface area contributed by atoms with E-state index in [0.29, 0.717) is 0 Å². The van der Waals surface area contributed by atoms with Gasteiger partial charge in [-0.2, -0.15) is 0 Å². The van der Waals surface area contributed by atoms with E-state index in [9.17, 15) is 4.79 Å². The van der Waals surface area contributed by atoms with Crippen molar-refractivity contribution >= 4 is 5.97 Å². The first-order valence-electron chi connectivity index (χ1n) is 4.37. The van der Waals surface area contributed by atoms with Gasteiger partial charge in [-0.3, -0.25) is 4.98 Å². The summed E-state index contributed by atoms with van der Waals surface area (Å²) in [5, 5.41) is 8.71. The smallest absolute Gasteiger partial charge is 0.356 e. The van der Waals surface area contributed by atoms with Gasteiger partial charge in [-0.1, -0.05) is 0 Å². The van der Waals surface area contributed by atoms with Crippen molar-refractivity contribution in [2.24, 2.45) is 0 Å². The number of aromatic nitrogens is 3. The summed E-state index contributed by atoms with van der Waals surface area (Å²) in [7, 11) is 0. The molecule has 0 aliphatic carbocycles. The van der Waals surface area contributed by atoms with Gasteiger partial charge in [-0.15, -0.1) is 0 Å². The molecule has 2 rings (SSSR count). The van der Waals surface area contributed by atoms with Gasteiger partial charge in [-0.25, -0.2) is 9.78 Å². The highest BCUT2D eigenvalue weighted by atomic mass is 16.4. The summed E-state index contributed by atoms with van der Waals surface area (Å²) in [6.45, 7) is 1.87. The maximum absolute atomic E-state index is 10.6. The van der Waals surface area contributed by atoms with Crippen LogP contribution in [0.1, 0.15) is 16.2 Å². The van der Waals surface area contributed by atoms with Gasteiger partial charge in [0.2, 0.25) is 0 Å². The van der Waals surface area contributed by atoms with Crippen molar-refractivity contribution in [1.82, 2.24) is 14.5 Å². The predicted octanol–water partition coefficient (Wildman–Crippen LogP) is 1.27. The first-order valence-corrected chi connectivity index (χ1v) is 4.37. The van der Waals surface area contributed by atoms with Crippen LogP contribution in [0.2, 0.25) is 0 Å². The van der Waals surface area contributed by atoms with E-state index in [-0.39, 0.29) is 5.69 Å². The van der Waals surface area contributed by atoms with E-state index in [1.54, 1.807) is 16.8 Å². The van der Waals surface area contributed by atoms with Gasteiger partial charge in [0.1, 0.15) is 6.33 Å². The van der Waals surface area contributed by atoms with Crippen LogP contribution in [0.25, 0.3) is 5.69 Å². The number of carbonyl (C=O) groups is 1. The van der Waals surface area contributed by atoms with Crippen molar-refractivity contribution in [2.45, 2.75) is 6.92 Å². The van der Waals surface area contributed by atoms with Crippen molar-refractivity contribution in [3.05, 3.63) is 42.2 Å². The number of aryl methyl sites for hydroxylation is 1. The summed E-state index contributed by atoms with van der Waals surface area (Å²) in [6, 6.07) is 3.65. The van der Waals surface area contributed by atoms with Crippen LogP contribution in [-0.4, -0.2) is 25.6 Å². The molecule has 5 heteroatoms. The lowest BCUT2D eigenvalue weighted by atomic mass is 10.3. The summed E-state index contributed by atoms with van der Waals surface area (Å²) >= 11 is 0. The second-order valence-corrected chi connectivity index (χ2v) is 3.13. The molecule has 0 radical (unpaired) electrons. The quantitative estimate of drug-likeness (QED) is 0.798. The van der Waals surface area contributed by atoms with Crippen LogP contribution in [0.15, 0.2) is 30.9 Å². The highest BCUT2D eigenvalue weighted by molar-refractivity contribution is 5.85. The number of carboxylic acid groups (broad SMARTS) is 1. The molecule has 5 nitrogen and oxygen atoms in total. The summed E-state index contributed by atoms with van der Waals surface area (Å²) in [5.41, 5.74) is 1.75. The molecule has 2 aromatic heterocycles. The van der Waals surface area contributed by atoms with Crippen LogP contribution >= 0.6 is 0 Å². The first kappa shape index (κ1) is 9.39. The maximum atomic E-state index is 10.6. The Hall–Kier alpha value is -2.17. The fourth-order valence-corrected chi connectivity index (χ4v) is 1.27. The van der Waals surface area contributed by atoms with Crippen molar-refractivity contribution in [3.63, 3.8) is 0 Å². The molecule has 0 bridgehead atoms. The van der Waals surface area contributed by atoms with E-state index in [2.05, 4.69) is 9.97 Å². The average Bonchev–Trinajstić information content (AvgIpc) is 2.66. The highest BCUT2D eigenvalue weighted by Gasteiger charge is 2.07. The lowest BCUT2D eigenvalue weighted by molar-refractivity contribution is 0.0691. The van der Waals surface area contributed by atoms with E-state index in [1.807, 2.05) is 13.0 Å². The van der Waals surface area contributed by atoms with Gasteiger partial charge in [0.05, 0.1) is 0 Å². The van der Waals surface area contributed by atoms with Gasteiger partial charge < -0.3 is 9.67 Å². The zero-order valence-corrected chi connectivity index (χ0v) is 8.08. The zero-order valence-electron chi connectivity index (χ0n) is 8.08. The van der Waals surface area contributed by atoms with E-state index >= 15 is 0 Å². The minimum absolute atomic E-state index is 0.0319. The lowest BCUT2D eigenvalue weighted by Crippen LogP contribution is -1.96. The molecule has 0 atom stereocenters. The Kier molecular flexibility index (Phi) is 2.21. The molecule has 0 aliphatic rings. The number of hydrogen-bond donors (Lipinski definition) is 1. The molecular weight excluding hydrogens is 194 g/mol. The minimum atomic E-state index is -1.03. The molecule has 1 N–H and O–H groups in total. The second kappa shape index (κ2) is 3.53. The molecule has 0 saturated carbocycles. The Bertz CT molecular complexity index is 505. The number of rotatable bonds is 2. The number of aromatic carboxylic acids is 1. The Labute approximate surface area is 86.0 Å². The molecular formula is C10H9N3O2. The second-order valence-electron chi connectivity index (χ2n) is 3.13. The number of carboxylic acids is 1. The van der Waals surface area contributed by atoms with Crippen molar-refractivity contribution < 1.29 is 9.90 Å². The van der Waals surface area contributed by atoms with Crippen LogP contribution in [0.3, 0.4) is 0 Å². The number of pyridine rings is 1. The Morgan fingerprint density at radius 1 is 1.47 bits per heavy atom. The number of imidazole rings is 1. The van der Waals surface area contributed by atoms with E-state index < -0.39 is 5.97 Å². The molecule has 0 spiro atoms. The van der Waals surface area contributed by atoms with Crippen LogP contribution < -0.4 is 0 Å². The summed E-state index contributed by atoms with van der Waals surface area (Å²) in [6.07, 6.45) is 4.61. The average molecular weight is 203 g/mol. The maximum Gasteiger partial charge on any atom is 0.356 e. The first-order chi connectivity index (χ1) is 7.16. The van der Waals surface area contributed by atoms with Gasteiger partial charge in [0.25, 0.3) is 0 Å². The third kappa shape index (κ3) is 1.85. The van der Waals surface area contributed by atoms with Gasteiger partial charge in [0.15, 0.2) is 5.69 Å². The van der Waals surface area contributed by atoms with Gasteiger partial charge in [-0.05, 0) is 19.1 Å². The third-order valence-corrected chi connectivity index (χ3v) is 1.98. The minimum Gasteiger partial charge on any atom is -0.476 e. The monoisotopic (exact) mass is 203 g/mol. The molecule has 0 unspecified atom stereocenters. The Morgan fingerprint density at radius 2 is 2.27 bits per heavy atom. The van der Waals surface area contributed by atoms with Crippen molar-refractivity contribution in [3.8, 4) is 5.69 Å². The zero-order chi connectivity index (χ0) is 10.8. The normalized spacial score (nSPS) is 10.2. The molecule has 2 aromatic rings. The summed E-state index contributed by atoms with van der Waals surface area (Å²) in [4.78, 5) is 18.4. The van der Waals surface area contributed by atoms with Crippen LogP contribution in [-0.2, 0) is 0 Å². The fraction of sp³-hybridized carbons (Fsp3) is 0.100. The standard InChI is InChI=1S/C10H9N3O2/c1-7-4-8(2-3-11-7)13-5-9(10(14)15)12-6-13/h2-6H,1H3,(H,14,15). The fourth-order valence-electron chi connectivity index (χ4n) is 1.27. The van der Waals surface area contributed by atoms with E-state index in [1.165, 1.54) is 12.5 Å². The lowest BCUT2D eigenvalue weighted by Gasteiger charge is -2.01. The van der Waals surface area contributed by atoms with Gasteiger partial charge >= 0.3 is 5.97 Å². The summed E-state index contributed by atoms with van der Waals surface area (Å²) < 4.78 is 1.65. The largest absolute Gasteiger partial charge is 0.476 e. The number of hydrogen-bond acceptors (Lipinski definition) is 3. The topological polar surface area (TPSA) is 68.0 Å². The molecule has 0 aromatic carbocycles. The molecule has 0 fully saturated rings. The third-order valence-electron chi connectivity index (χ3n) is 1.98. The Morgan fingerprint density at radius 3 is 2.87 bits per heavy atom. The SMILES string of the molecule is Cc1cc(-n2cnc(C(=O)O)c2)ccn1. The molecule has 2 heterocycles. The molecule has 15 heavy (non-hydrogen) atoms. The number of nitrogens with zero attached hydrogens (tertiary/aromatic N) is 3. The van der Waals surface area contributed by atoms with Crippen LogP contribution in [0.4, 0.5) is 0 Å². The van der Waals surface area contributed by atoms with Crippen molar-refractivity contribution in [2.75, 3.05) is 0 Å². The molecule has 0 aliphatic heterocycles. The predicted molar refractivity (Wildman–Crippen MR) is 53.1 cm³/mol. The van der Waals surface area contributed by atoms with E-state index in [4.69, 9.17) is 5.11 Å². The molecule has 0 amide bonds. The summed E-state index contributed by atoms with van der Waals surface area (Å²) in [5.74, 6) is -1.03. The van der Waals surface area contributed by atoms with Crippen LogP contribution in [0, 0.1) is 6.92 Å². The Balaban J connectivity index is 2.41. The highest BCUT2D eigenvalue weighted by Crippen LogP contribution is 2.08. The molecule has 0 saturated heterocycles.